The highest BCUT2D eigenvalue weighted by Crippen LogP contribution is 2.15. The molecule has 0 aliphatic rings. The number of hydrogen-bond acceptors (Lipinski definition) is 3. The van der Waals surface area contributed by atoms with Gasteiger partial charge in [-0.25, -0.2) is 0 Å². The number of benzene rings is 2. The molecule has 0 aliphatic carbocycles. The monoisotopic (exact) mass is 289 g/mol. The smallest absolute Gasteiger partial charge is 0.119 e. The lowest BCUT2D eigenvalue weighted by molar-refractivity contribution is 0.318. The summed E-state index contributed by atoms with van der Waals surface area (Å²) in [5, 5.41) is 0. The summed E-state index contributed by atoms with van der Waals surface area (Å²) in [6, 6.07) is 15.1. The fourth-order valence-corrected chi connectivity index (χ4v) is 3.12. The van der Waals surface area contributed by atoms with E-state index in [2.05, 4.69) is 0 Å². The van der Waals surface area contributed by atoms with Crippen LogP contribution in [0.25, 0.3) is 0 Å². The van der Waals surface area contributed by atoms with Crippen LogP contribution in [0.4, 0.5) is 5.69 Å². The molecule has 1 atom stereocenters. The molecule has 20 heavy (non-hydrogen) atoms. The Hall–Kier alpha value is -1.81. The molecule has 2 aromatic rings. The number of hydrogen-bond donors (Lipinski definition) is 1. The van der Waals surface area contributed by atoms with Gasteiger partial charge in [0.05, 0.1) is 17.4 Å². The first-order valence-electron chi connectivity index (χ1n) is 6.59. The average molecular weight is 289 g/mol. The molecule has 0 saturated carbocycles. The van der Waals surface area contributed by atoms with Gasteiger partial charge in [-0.2, -0.15) is 0 Å². The molecule has 0 heterocycles. The highest BCUT2D eigenvalue weighted by molar-refractivity contribution is 7.85. The van der Waals surface area contributed by atoms with Gasteiger partial charge >= 0.3 is 0 Å². The van der Waals surface area contributed by atoms with Crippen LogP contribution < -0.4 is 10.5 Å². The van der Waals surface area contributed by atoms with Gasteiger partial charge in [0.1, 0.15) is 5.75 Å². The predicted octanol–water partition coefficient (Wildman–Crippen LogP) is 3.15. The van der Waals surface area contributed by atoms with E-state index in [9.17, 15) is 4.21 Å². The van der Waals surface area contributed by atoms with Crippen LogP contribution in [0.2, 0.25) is 0 Å². The Morgan fingerprint density at radius 3 is 2.50 bits per heavy atom. The van der Waals surface area contributed by atoms with E-state index < -0.39 is 10.8 Å². The lowest BCUT2D eigenvalue weighted by Gasteiger charge is -2.07. The Morgan fingerprint density at radius 1 is 1.10 bits per heavy atom. The Balaban J connectivity index is 1.77. The van der Waals surface area contributed by atoms with Gasteiger partial charge < -0.3 is 10.5 Å². The summed E-state index contributed by atoms with van der Waals surface area (Å²) in [7, 11) is -0.957. The first-order chi connectivity index (χ1) is 9.66. The highest BCUT2D eigenvalue weighted by Gasteiger charge is 2.06. The average Bonchev–Trinajstić information content (AvgIpc) is 2.46. The van der Waals surface area contributed by atoms with E-state index in [1.807, 2.05) is 43.3 Å². The van der Waals surface area contributed by atoms with E-state index in [4.69, 9.17) is 10.5 Å². The van der Waals surface area contributed by atoms with Gasteiger partial charge in [0.25, 0.3) is 0 Å². The molecule has 106 valence electrons. The number of aryl methyl sites for hydroxylation is 1. The van der Waals surface area contributed by atoms with Crippen molar-refractivity contribution in [3.63, 3.8) is 0 Å². The van der Waals surface area contributed by atoms with E-state index in [1.54, 1.807) is 12.1 Å². The lowest BCUT2D eigenvalue weighted by Crippen LogP contribution is -2.06. The molecule has 2 aromatic carbocycles. The molecule has 3 nitrogen and oxygen atoms in total. The summed E-state index contributed by atoms with van der Waals surface area (Å²) in [4.78, 5) is 0.917. The lowest BCUT2D eigenvalue weighted by atomic mass is 10.2. The molecule has 0 spiro atoms. The topological polar surface area (TPSA) is 52.3 Å². The van der Waals surface area contributed by atoms with Crippen molar-refractivity contribution in [2.75, 3.05) is 18.1 Å². The maximum absolute atomic E-state index is 12.2. The van der Waals surface area contributed by atoms with Gasteiger partial charge in [-0.05, 0) is 49.2 Å². The summed E-state index contributed by atoms with van der Waals surface area (Å²) in [5.41, 5.74) is 7.40. The van der Waals surface area contributed by atoms with Gasteiger partial charge in [-0.15, -0.1) is 0 Å². The maximum Gasteiger partial charge on any atom is 0.119 e. The number of anilines is 1. The third-order valence-corrected chi connectivity index (χ3v) is 4.57. The molecular weight excluding hydrogens is 270 g/mol. The standard InChI is InChI=1S/C16H19NO2S/c1-13-5-2-3-6-16(13)20(18)12-4-11-19-15-9-7-14(17)8-10-15/h2-3,5-10H,4,11-12,17H2,1H3. The first-order valence-corrected chi connectivity index (χ1v) is 7.91. The minimum atomic E-state index is -0.957. The Labute approximate surface area is 122 Å². The Kier molecular flexibility index (Phi) is 5.18. The summed E-state index contributed by atoms with van der Waals surface area (Å²) < 4.78 is 17.7. The molecule has 0 radical (unpaired) electrons. The van der Waals surface area contributed by atoms with E-state index in [0.717, 1.165) is 28.3 Å². The van der Waals surface area contributed by atoms with Crippen LogP contribution in [0.15, 0.2) is 53.4 Å². The first kappa shape index (κ1) is 14.6. The zero-order chi connectivity index (χ0) is 14.4. The SMILES string of the molecule is Cc1ccccc1S(=O)CCCOc1ccc(N)cc1. The Bertz CT molecular complexity index is 581. The van der Waals surface area contributed by atoms with Crippen molar-refractivity contribution >= 4 is 16.5 Å². The van der Waals surface area contributed by atoms with Gasteiger partial charge in [0.15, 0.2) is 0 Å². The van der Waals surface area contributed by atoms with Crippen molar-refractivity contribution in [2.24, 2.45) is 0 Å². The van der Waals surface area contributed by atoms with Gasteiger partial charge in [0.2, 0.25) is 0 Å². The van der Waals surface area contributed by atoms with Crippen LogP contribution in [0.1, 0.15) is 12.0 Å². The van der Waals surface area contributed by atoms with Crippen LogP contribution in [0.5, 0.6) is 5.75 Å². The van der Waals surface area contributed by atoms with Gasteiger partial charge in [-0.1, -0.05) is 18.2 Å². The van der Waals surface area contributed by atoms with E-state index in [0.29, 0.717) is 12.4 Å². The molecule has 4 heteroatoms. The second-order valence-electron chi connectivity index (χ2n) is 4.59. The van der Waals surface area contributed by atoms with Crippen LogP contribution in [-0.2, 0) is 10.8 Å². The fraction of sp³-hybridized carbons (Fsp3) is 0.250. The van der Waals surface area contributed by atoms with Gasteiger partial charge in [-0.3, -0.25) is 4.21 Å². The van der Waals surface area contributed by atoms with E-state index in [-0.39, 0.29) is 0 Å². The fourth-order valence-electron chi connectivity index (χ4n) is 1.87. The maximum atomic E-state index is 12.2. The number of nitrogens with two attached hydrogens (primary N) is 1. The number of nitrogen functional groups attached to an aromatic ring is 1. The highest BCUT2D eigenvalue weighted by atomic mass is 32.2. The normalized spacial score (nSPS) is 12.1. The van der Waals surface area contributed by atoms with E-state index >= 15 is 0 Å². The van der Waals surface area contributed by atoms with Crippen molar-refractivity contribution in [1.29, 1.82) is 0 Å². The predicted molar refractivity (Wildman–Crippen MR) is 83.4 cm³/mol. The molecule has 0 fully saturated rings. The van der Waals surface area contributed by atoms with Crippen molar-refractivity contribution in [1.82, 2.24) is 0 Å². The second-order valence-corrected chi connectivity index (χ2v) is 6.13. The Morgan fingerprint density at radius 2 is 1.80 bits per heavy atom. The summed E-state index contributed by atoms with van der Waals surface area (Å²) >= 11 is 0. The zero-order valence-electron chi connectivity index (χ0n) is 11.5. The van der Waals surface area contributed by atoms with Crippen LogP contribution in [0.3, 0.4) is 0 Å². The molecule has 1 unspecified atom stereocenters. The van der Waals surface area contributed by atoms with Crippen LogP contribution in [0, 0.1) is 6.92 Å². The molecule has 2 rings (SSSR count). The molecule has 0 aromatic heterocycles. The molecule has 0 aliphatic heterocycles. The quantitative estimate of drug-likeness (QED) is 0.656. The van der Waals surface area contributed by atoms with Crippen molar-refractivity contribution in [3.8, 4) is 5.75 Å². The van der Waals surface area contributed by atoms with Crippen LogP contribution >= 0.6 is 0 Å². The zero-order valence-corrected chi connectivity index (χ0v) is 12.4. The van der Waals surface area contributed by atoms with Crippen molar-refractivity contribution in [3.05, 3.63) is 54.1 Å². The van der Waals surface area contributed by atoms with Crippen LogP contribution in [-0.4, -0.2) is 16.6 Å². The number of rotatable bonds is 6. The van der Waals surface area contributed by atoms with Crippen molar-refractivity contribution < 1.29 is 8.95 Å². The molecule has 0 bridgehead atoms. The third-order valence-electron chi connectivity index (χ3n) is 2.96. The number of ether oxygens (including phenoxy) is 1. The minimum absolute atomic E-state index is 0.557. The largest absolute Gasteiger partial charge is 0.494 e. The van der Waals surface area contributed by atoms with Gasteiger partial charge in [0, 0.05) is 16.3 Å². The molecule has 0 saturated heterocycles. The summed E-state index contributed by atoms with van der Waals surface area (Å²) in [6.07, 6.45) is 0.755. The minimum Gasteiger partial charge on any atom is -0.494 e. The third kappa shape index (κ3) is 4.10. The molecule has 2 N–H and O–H groups in total. The summed E-state index contributed by atoms with van der Waals surface area (Å²) in [6.45, 7) is 2.54. The second kappa shape index (κ2) is 7.10. The van der Waals surface area contributed by atoms with E-state index in [1.165, 1.54) is 0 Å². The summed E-state index contributed by atoms with van der Waals surface area (Å²) in [5.74, 6) is 1.40. The van der Waals surface area contributed by atoms with Crippen molar-refractivity contribution in [2.45, 2.75) is 18.2 Å². The molecular formula is C16H19NO2S. The molecule has 0 amide bonds.